The predicted octanol–water partition coefficient (Wildman–Crippen LogP) is 3.23. The number of halogens is 2. The van der Waals surface area contributed by atoms with Crippen molar-refractivity contribution >= 4 is 34.9 Å². The molecule has 2 nitrogen and oxygen atoms in total. The molecule has 4 heteroatoms. The van der Waals surface area contributed by atoms with E-state index in [9.17, 15) is 0 Å². The summed E-state index contributed by atoms with van der Waals surface area (Å²) in [6, 6.07) is 6.07. The quantitative estimate of drug-likeness (QED) is 0.767. The molecule has 0 amide bonds. The first-order valence-electron chi connectivity index (χ1n) is 5.21. The van der Waals surface area contributed by atoms with Crippen molar-refractivity contribution in [1.82, 2.24) is 9.88 Å². The highest BCUT2D eigenvalue weighted by molar-refractivity contribution is 6.31. The van der Waals surface area contributed by atoms with Gasteiger partial charge in [0.2, 0.25) is 0 Å². The van der Waals surface area contributed by atoms with E-state index in [-0.39, 0.29) is 12.4 Å². The molecule has 1 aromatic carbocycles. The third-order valence-electron chi connectivity index (χ3n) is 3.13. The molecule has 1 aromatic heterocycles. The molecular formula is C12H14Cl2N2. The molecule has 0 unspecified atom stereocenters. The second-order valence-corrected chi connectivity index (χ2v) is 4.70. The number of benzene rings is 1. The zero-order valence-electron chi connectivity index (χ0n) is 9.09. The van der Waals surface area contributed by atoms with E-state index in [1.165, 1.54) is 22.2 Å². The van der Waals surface area contributed by atoms with E-state index in [2.05, 4.69) is 29.1 Å². The van der Waals surface area contributed by atoms with Gasteiger partial charge in [0, 0.05) is 41.1 Å². The Kier molecular flexibility index (Phi) is 3.15. The molecule has 0 saturated heterocycles. The van der Waals surface area contributed by atoms with Crippen LogP contribution < -0.4 is 0 Å². The highest BCUT2D eigenvalue weighted by Gasteiger charge is 2.17. The lowest BCUT2D eigenvalue weighted by Gasteiger charge is -2.22. The first kappa shape index (κ1) is 11.8. The monoisotopic (exact) mass is 256 g/mol. The Morgan fingerprint density at radius 3 is 3.00 bits per heavy atom. The Hall–Kier alpha value is -0.700. The number of hydrogen-bond acceptors (Lipinski definition) is 1. The molecule has 0 saturated carbocycles. The topological polar surface area (TPSA) is 19.0 Å². The molecule has 0 radical (unpaired) electrons. The van der Waals surface area contributed by atoms with Gasteiger partial charge in [0.05, 0.1) is 0 Å². The molecular weight excluding hydrogens is 243 g/mol. The lowest BCUT2D eigenvalue weighted by Crippen LogP contribution is -2.25. The molecule has 1 N–H and O–H groups in total. The number of aromatic nitrogens is 1. The molecule has 86 valence electrons. The molecule has 0 fully saturated rings. The van der Waals surface area contributed by atoms with Crippen molar-refractivity contribution in [3.8, 4) is 0 Å². The molecule has 0 spiro atoms. The molecule has 1 aliphatic heterocycles. The number of rotatable bonds is 0. The van der Waals surface area contributed by atoms with Gasteiger partial charge in [0.15, 0.2) is 0 Å². The number of aromatic amines is 1. The van der Waals surface area contributed by atoms with Gasteiger partial charge in [-0.2, -0.15) is 0 Å². The van der Waals surface area contributed by atoms with Gasteiger partial charge in [-0.3, -0.25) is 0 Å². The van der Waals surface area contributed by atoms with Crippen molar-refractivity contribution in [2.45, 2.75) is 13.0 Å². The number of likely N-dealkylation sites (N-methyl/N-ethyl adjacent to an activating group) is 1. The van der Waals surface area contributed by atoms with Crippen LogP contribution in [0.1, 0.15) is 11.3 Å². The van der Waals surface area contributed by atoms with Crippen LogP contribution in [0, 0.1) is 0 Å². The van der Waals surface area contributed by atoms with Gasteiger partial charge in [-0.15, -0.1) is 12.4 Å². The summed E-state index contributed by atoms with van der Waals surface area (Å²) >= 11 is 6.03. The van der Waals surface area contributed by atoms with Gasteiger partial charge in [-0.25, -0.2) is 0 Å². The van der Waals surface area contributed by atoms with Crippen LogP contribution in [0.25, 0.3) is 10.9 Å². The lowest BCUT2D eigenvalue weighted by atomic mass is 10.1. The summed E-state index contributed by atoms with van der Waals surface area (Å²) in [7, 11) is 2.16. The summed E-state index contributed by atoms with van der Waals surface area (Å²) in [6.07, 6.45) is 1.11. The second kappa shape index (κ2) is 4.28. The van der Waals surface area contributed by atoms with Crippen LogP contribution in [0.5, 0.6) is 0 Å². The van der Waals surface area contributed by atoms with Crippen LogP contribution in [0.4, 0.5) is 0 Å². The van der Waals surface area contributed by atoms with Gasteiger partial charge in [-0.05, 0) is 30.8 Å². The maximum atomic E-state index is 6.03. The van der Waals surface area contributed by atoms with Crippen LogP contribution in [-0.2, 0) is 13.0 Å². The SMILES string of the molecule is CN1CCc2[nH]c3ccc(Cl)cc3c2C1.Cl. The van der Waals surface area contributed by atoms with Crippen LogP contribution in [0.2, 0.25) is 5.02 Å². The summed E-state index contributed by atoms with van der Waals surface area (Å²) in [4.78, 5) is 5.82. The standard InChI is InChI=1S/C12H13ClN2.ClH/c1-15-5-4-12-10(7-15)9-6-8(13)2-3-11(9)14-12;/h2-3,6,14H,4-5,7H2,1H3;1H. The van der Waals surface area contributed by atoms with E-state index >= 15 is 0 Å². The van der Waals surface area contributed by atoms with E-state index in [4.69, 9.17) is 11.6 Å². The van der Waals surface area contributed by atoms with Crippen LogP contribution in [-0.4, -0.2) is 23.5 Å². The Morgan fingerprint density at radius 2 is 2.19 bits per heavy atom. The molecule has 0 aliphatic carbocycles. The number of hydrogen-bond donors (Lipinski definition) is 1. The molecule has 2 heterocycles. The first-order valence-corrected chi connectivity index (χ1v) is 5.59. The van der Waals surface area contributed by atoms with E-state index in [0.717, 1.165) is 24.5 Å². The van der Waals surface area contributed by atoms with Crippen molar-refractivity contribution in [2.24, 2.45) is 0 Å². The van der Waals surface area contributed by atoms with Gasteiger partial charge in [0.1, 0.15) is 0 Å². The maximum Gasteiger partial charge on any atom is 0.0460 e. The van der Waals surface area contributed by atoms with E-state index in [1.807, 2.05) is 6.07 Å². The zero-order chi connectivity index (χ0) is 10.4. The van der Waals surface area contributed by atoms with Gasteiger partial charge < -0.3 is 9.88 Å². The smallest absolute Gasteiger partial charge is 0.0460 e. The normalized spacial score (nSPS) is 15.9. The zero-order valence-corrected chi connectivity index (χ0v) is 10.7. The largest absolute Gasteiger partial charge is 0.358 e. The van der Waals surface area contributed by atoms with Crippen LogP contribution in [0.15, 0.2) is 18.2 Å². The van der Waals surface area contributed by atoms with Crippen molar-refractivity contribution in [3.05, 3.63) is 34.5 Å². The first-order chi connectivity index (χ1) is 7.24. The highest BCUT2D eigenvalue weighted by Crippen LogP contribution is 2.29. The van der Waals surface area contributed by atoms with Crippen molar-refractivity contribution in [2.75, 3.05) is 13.6 Å². The summed E-state index contributed by atoms with van der Waals surface area (Å²) in [5.74, 6) is 0. The average molecular weight is 257 g/mol. The summed E-state index contributed by atoms with van der Waals surface area (Å²) < 4.78 is 0. The fourth-order valence-electron chi connectivity index (χ4n) is 2.32. The number of H-pyrrole nitrogens is 1. The van der Waals surface area contributed by atoms with E-state index in [1.54, 1.807) is 0 Å². The minimum absolute atomic E-state index is 0. The van der Waals surface area contributed by atoms with E-state index in [0.29, 0.717) is 0 Å². The second-order valence-electron chi connectivity index (χ2n) is 4.26. The van der Waals surface area contributed by atoms with Crippen molar-refractivity contribution in [1.29, 1.82) is 0 Å². The average Bonchev–Trinajstić information content (AvgIpc) is 2.56. The number of nitrogens with zero attached hydrogens (tertiary/aromatic N) is 1. The minimum atomic E-state index is 0. The maximum absolute atomic E-state index is 6.03. The fraction of sp³-hybridized carbons (Fsp3) is 0.333. The Morgan fingerprint density at radius 1 is 1.38 bits per heavy atom. The molecule has 2 aromatic rings. The van der Waals surface area contributed by atoms with Crippen molar-refractivity contribution in [3.63, 3.8) is 0 Å². The third-order valence-corrected chi connectivity index (χ3v) is 3.36. The Labute approximate surface area is 106 Å². The molecule has 3 rings (SSSR count). The number of nitrogens with one attached hydrogen (secondary N) is 1. The number of fused-ring (bicyclic) bond motifs is 3. The molecule has 0 atom stereocenters. The summed E-state index contributed by atoms with van der Waals surface area (Å²) in [6.45, 7) is 2.16. The highest BCUT2D eigenvalue weighted by atomic mass is 35.5. The van der Waals surface area contributed by atoms with Gasteiger partial charge >= 0.3 is 0 Å². The van der Waals surface area contributed by atoms with Gasteiger partial charge in [0.25, 0.3) is 0 Å². The summed E-state index contributed by atoms with van der Waals surface area (Å²) in [5.41, 5.74) is 4.01. The van der Waals surface area contributed by atoms with Crippen LogP contribution >= 0.6 is 24.0 Å². The lowest BCUT2D eigenvalue weighted by molar-refractivity contribution is 0.313. The molecule has 16 heavy (non-hydrogen) atoms. The Balaban J connectivity index is 0.000000963. The fourth-order valence-corrected chi connectivity index (χ4v) is 2.49. The summed E-state index contributed by atoms with van der Waals surface area (Å²) in [5, 5.41) is 2.10. The predicted molar refractivity (Wildman–Crippen MR) is 70.6 cm³/mol. The third kappa shape index (κ3) is 1.81. The minimum Gasteiger partial charge on any atom is -0.358 e. The molecule has 0 bridgehead atoms. The van der Waals surface area contributed by atoms with Crippen molar-refractivity contribution < 1.29 is 0 Å². The van der Waals surface area contributed by atoms with Crippen LogP contribution in [0.3, 0.4) is 0 Å². The Bertz CT molecular complexity index is 519. The molecule has 1 aliphatic rings. The van der Waals surface area contributed by atoms with Gasteiger partial charge in [-0.1, -0.05) is 11.6 Å². The van der Waals surface area contributed by atoms with E-state index < -0.39 is 0 Å².